The Morgan fingerprint density at radius 2 is 0.811 bits per heavy atom. The number of rotatable bonds is 24. The molecule has 1 aliphatic carbocycles. The Labute approximate surface area is 700 Å². The highest BCUT2D eigenvalue weighted by atomic mass is 35.5. The Bertz CT molecular complexity index is 6350. The molecular formula is C94H73ClF4N8O15. The van der Waals surface area contributed by atoms with Gasteiger partial charge in [0.2, 0.25) is 5.78 Å². The maximum atomic E-state index is 13.1. The van der Waals surface area contributed by atoms with Gasteiger partial charge < -0.3 is 54.2 Å². The molecule has 0 saturated carbocycles. The quantitative estimate of drug-likeness (QED) is 0.0109. The third kappa shape index (κ3) is 22.7. The number of nitrogen functional groups attached to an aromatic ring is 1. The number of imidazole rings is 2. The normalized spacial score (nSPS) is 11.0. The number of amides is 1. The van der Waals surface area contributed by atoms with Crippen LogP contribution in [0.2, 0.25) is 0 Å². The molecule has 5 N–H and O–H groups in total. The van der Waals surface area contributed by atoms with Gasteiger partial charge in [0.1, 0.15) is 125 Å². The summed E-state index contributed by atoms with van der Waals surface area (Å²) in [6.07, 6.45) is 0. The highest BCUT2D eigenvalue weighted by Gasteiger charge is 2.34. The van der Waals surface area contributed by atoms with E-state index in [-0.39, 0.29) is 66.5 Å². The number of fused-ring (bicyclic) bond motifs is 8. The van der Waals surface area contributed by atoms with Crippen molar-refractivity contribution in [3.63, 3.8) is 0 Å². The summed E-state index contributed by atoms with van der Waals surface area (Å²) in [5, 5.41) is 29.6. The maximum Gasteiger partial charge on any atom is 0.297 e. The molecule has 14 aromatic carbocycles. The number of carbonyl (C=O) groups is 4. The zero-order valence-electron chi connectivity index (χ0n) is 65.5. The number of para-hydroxylation sites is 1. The zero-order chi connectivity index (χ0) is 86.6. The summed E-state index contributed by atoms with van der Waals surface area (Å²) in [6, 6.07) is 88.7. The molecule has 1 amide bonds. The zero-order valence-corrected chi connectivity index (χ0v) is 65.2. The highest BCUT2D eigenvalue weighted by molar-refractivity contribution is 6.64. The number of anilines is 2. The number of aromatic nitrogens is 4. The van der Waals surface area contributed by atoms with Gasteiger partial charge in [0.05, 0.1) is 41.5 Å². The monoisotopic (exact) mass is 1670 g/mol. The van der Waals surface area contributed by atoms with Gasteiger partial charge in [-0.15, -0.1) is 0 Å². The van der Waals surface area contributed by atoms with E-state index in [9.17, 15) is 57.0 Å². The van der Waals surface area contributed by atoms with Crippen molar-refractivity contribution in [2.45, 2.75) is 33.0 Å². The molecule has 23 nitrogen and oxygen atoms in total. The number of Topliss-reactive ketones (excluding diaryl/α,β-unsaturated/α-hetero) is 2. The smallest absolute Gasteiger partial charge is 0.297 e. The van der Waals surface area contributed by atoms with E-state index in [1.807, 2.05) is 152 Å². The number of halogens is 5. The lowest BCUT2D eigenvalue weighted by molar-refractivity contribution is -0.384. The molecule has 0 unspecified atom stereocenters. The molecule has 0 saturated heterocycles. The summed E-state index contributed by atoms with van der Waals surface area (Å²) in [6.45, 7) is 0.919. The van der Waals surface area contributed by atoms with Crippen LogP contribution in [0.25, 0.3) is 54.6 Å². The fraction of sp³-hybridized carbons (Fsp3) is 0.0851. The van der Waals surface area contributed by atoms with Gasteiger partial charge >= 0.3 is 0 Å². The lowest BCUT2D eigenvalue weighted by Crippen LogP contribution is -2.21. The Balaban J connectivity index is 0.000000143. The molecule has 0 radical (unpaired) electrons. The van der Waals surface area contributed by atoms with E-state index in [2.05, 4.69) is 20.3 Å². The van der Waals surface area contributed by atoms with E-state index in [0.717, 1.165) is 49.6 Å². The SMILES string of the molecule is Fc1ccc(OCc2nc3c(cc(OCc4ccccc4)c4ccccc43)[nH]2)cc1.Nc1c([N+](=O)[O-])cc(OCc2ccccc2)c2ccccc12.O=C(COc1ccc(F)cc1)Nc1c([N+](=O)[O-])cc(OCc2ccccc2)c2ccccc12.O=C(Cl)COc1ccccc1.O=C1C(=O)c2[nH]c(COc3ccc(F)cc3)nc2-c2ccccc21.[2H]CF. The molecule has 2 aromatic heterocycles. The minimum atomic E-state index is -1.00. The Morgan fingerprint density at radius 1 is 0.434 bits per heavy atom. The van der Waals surface area contributed by atoms with Crippen molar-refractivity contribution in [2.24, 2.45) is 0 Å². The van der Waals surface area contributed by atoms with Crippen molar-refractivity contribution in [2.75, 3.05) is 31.4 Å². The standard InChI is InChI=1S/C25H19FN2O5.C25H19FN2O2.C18H11FN2O3.C17H14N2O3.C8H7ClO2.CH3F/c26-18-10-12-19(13-11-18)32-16-24(29)27-25-21-9-5-4-8-20(21)23(14-22(25)28(30)31)33-15-17-6-2-1-3-7-17;26-18-10-12-19(13-11-18)29-16-24-27-22-14-23(30-15-17-6-2-1-3-7-17)20-8-4-5-9-21(20)25(22)28-24;19-10-5-7-11(8-6-10)24-9-14-20-15-12-3-1-2-4-13(12)17(22)18(23)16(15)21-14;18-17-14-9-5-4-8-13(14)16(10-15(17)19(20)21)22-11-12-6-2-1-3-7-12;9-8(10)6-11-7-4-2-1-3-5-7;1-2/h1-14H,15-16H2,(H,27,29);1-14H,15-16H2,(H,27,28);1-8H,9H2,(H,20,21);1-10H,11,18H2;1-5H,6H2;1H3/i;;;;;1D. The second-order valence-electron chi connectivity index (χ2n) is 26.3. The lowest BCUT2D eigenvalue weighted by atomic mass is 9.90. The maximum absolute atomic E-state index is 13.1. The van der Waals surface area contributed by atoms with Crippen molar-refractivity contribution in [1.82, 2.24) is 19.9 Å². The molecule has 0 bridgehead atoms. The van der Waals surface area contributed by atoms with Crippen LogP contribution in [-0.4, -0.2) is 72.9 Å². The van der Waals surface area contributed by atoms with E-state index in [4.69, 9.17) is 56.8 Å². The number of ketones is 2. The van der Waals surface area contributed by atoms with Gasteiger partial charge in [-0.3, -0.25) is 43.8 Å². The van der Waals surface area contributed by atoms with Gasteiger partial charge in [0, 0.05) is 49.5 Å². The fourth-order valence-electron chi connectivity index (χ4n) is 12.4. The third-order valence-electron chi connectivity index (χ3n) is 18.2. The molecule has 1 aliphatic rings. The van der Waals surface area contributed by atoms with E-state index in [1.165, 1.54) is 72.8 Å². The number of nitrogens with two attached hydrogens (primary N) is 1. The number of benzene rings is 14. The van der Waals surface area contributed by atoms with Crippen molar-refractivity contribution < 1.29 is 81.1 Å². The minimum absolute atomic E-state index is 0.0513. The number of nitrogens with zero attached hydrogens (tertiary/aromatic N) is 4. The van der Waals surface area contributed by atoms with Gasteiger partial charge in [-0.2, -0.15) is 0 Å². The summed E-state index contributed by atoms with van der Waals surface area (Å²) in [5.74, 6) is 1.92. The van der Waals surface area contributed by atoms with E-state index < -0.39 is 52.1 Å². The first-order chi connectivity index (χ1) is 59.8. The van der Waals surface area contributed by atoms with Gasteiger partial charge in [0.25, 0.3) is 28.3 Å². The predicted octanol–water partition coefficient (Wildman–Crippen LogP) is 21.0. The Morgan fingerprint density at radius 3 is 1.30 bits per heavy atom. The number of carbonyl (C=O) groups excluding carboxylic acids is 4. The number of nitro groups is 2. The molecule has 2 heterocycles. The summed E-state index contributed by atoms with van der Waals surface area (Å²) in [5.41, 5.74) is 12.1. The predicted molar refractivity (Wildman–Crippen MR) is 456 cm³/mol. The molecule has 16 aromatic rings. The van der Waals surface area contributed by atoms with Gasteiger partial charge in [-0.05, 0) is 113 Å². The number of nitrogens with one attached hydrogen (secondary N) is 3. The lowest BCUT2D eigenvalue weighted by Gasteiger charge is -2.14. The van der Waals surface area contributed by atoms with Gasteiger partial charge in [0.15, 0.2) is 13.2 Å². The number of nitro benzene ring substituents is 2. The van der Waals surface area contributed by atoms with Crippen LogP contribution < -0.4 is 44.2 Å². The van der Waals surface area contributed by atoms with Crippen LogP contribution in [0.3, 0.4) is 0 Å². The summed E-state index contributed by atoms with van der Waals surface area (Å²) in [7, 11) is -1.00. The van der Waals surface area contributed by atoms with Crippen LogP contribution >= 0.6 is 11.6 Å². The first-order valence-corrected chi connectivity index (χ1v) is 37.7. The Hall–Kier alpha value is -15.8. The van der Waals surface area contributed by atoms with E-state index in [1.54, 1.807) is 84.9 Å². The first kappa shape index (κ1) is 84.2. The molecule has 0 aliphatic heterocycles. The molecule has 28 heteroatoms. The van der Waals surface area contributed by atoms with E-state index in [0.29, 0.717) is 92.3 Å². The van der Waals surface area contributed by atoms with Crippen LogP contribution in [0.4, 0.5) is 40.3 Å². The molecular weight excluding hydrogens is 1590 g/mol. The third-order valence-corrected chi connectivity index (χ3v) is 18.3. The topological polar surface area (TPSA) is 315 Å². The number of H-pyrrole nitrogens is 2. The molecule has 0 spiro atoms. The van der Waals surface area contributed by atoms with Crippen molar-refractivity contribution >= 4 is 100 Å². The summed E-state index contributed by atoms with van der Waals surface area (Å²) in [4.78, 5) is 84.3. The second kappa shape index (κ2) is 41.9. The second-order valence-corrected chi connectivity index (χ2v) is 26.8. The van der Waals surface area contributed by atoms with Crippen LogP contribution in [0, 0.1) is 37.7 Å². The highest BCUT2D eigenvalue weighted by Crippen LogP contribution is 2.42. The molecule has 0 atom stereocenters. The first-order valence-electron chi connectivity index (χ1n) is 38.0. The fourth-order valence-corrected chi connectivity index (χ4v) is 12.5. The molecule has 17 rings (SSSR count). The van der Waals surface area contributed by atoms with E-state index >= 15 is 0 Å². The number of alkyl halides is 1. The van der Waals surface area contributed by atoms with Gasteiger partial charge in [-0.1, -0.05) is 206 Å². The van der Waals surface area contributed by atoms with Crippen molar-refractivity contribution in [1.29, 1.82) is 0 Å². The Kier molecular flexibility index (Phi) is 28.9. The minimum Gasteiger partial charge on any atom is -0.488 e. The van der Waals surface area contributed by atoms with Crippen molar-refractivity contribution in [3.05, 3.63) is 387 Å². The van der Waals surface area contributed by atoms with Crippen LogP contribution in [0.15, 0.2) is 309 Å². The summed E-state index contributed by atoms with van der Waals surface area (Å²) >= 11 is 5.06. The van der Waals surface area contributed by atoms with Gasteiger partial charge in [-0.25, -0.2) is 23.1 Å². The van der Waals surface area contributed by atoms with Crippen molar-refractivity contribution in [3.8, 4) is 51.5 Å². The number of aromatic amines is 2. The van der Waals surface area contributed by atoms with Crippen LogP contribution in [0.1, 0.15) is 50.6 Å². The average Bonchev–Trinajstić information content (AvgIpc) is 1.69. The largest absolute Gasteiger partial charge is 0.488 e. The average molecular weight is 1670 g/mol. The molecule has 122 heavy (non-hydrogen) atoms. The molecule has 0 fully saturated rings. The summed E-state index contributed by atoms with van der Waals surface area (Å²) < 4.78 is 93.9. The number of ether oxygens (including phenoxy) is 7. The number of hydrogen-bond donors (Lipinski definition) is 4. The van der Waals surface area contributed by atoms with Crippen LogP contribution in [0.5, 0.6) is 40.2 Å². The molecule has 614 valence electrons. The number of hydrogen-bond acceptors (Lipinski definition) is 18. The van der Waals surface area contributed by atoms with Crippen LogP contribution in [-0.2, 0) is 42.6 Å².